The maximum atomic E-state index is 6.23. The third-order valence-electron chi connectivity index (χ3n) is 4.01. The Morgan fingerprint density at radius 2 is 2.15 bits per heavy atom. The summed E-state index contributed by atoms with van der Waals surface area (Å²) >= 11 is 0. The van der Waals surface area contributed by atoms with Crippen LogP contribution in [0.5, 0.6) is 0 Å². The summed E-state index contributed by atoms with van der Waals surface area (Å²) in [6.07, 6.45) is 5.77. The lowest BCUT2D eigenvalue weighted by Gasteiger charge is -2.14. The quantitative estimate of drug-likeness (QED) is 0.908. The molecular weight excluding hydrogens is 248 g/mol. The van der Waals surface area contributed by atoms with E-state index in [1.54, 1.807) is 0 Å². The van der Waals surface area contributed by atoms with E-state index in [2.05, 4.69) is 29.2 Å². The van der Waals surface area contributed by atoms with E-state index in [4.69, 9.17) is 10.5 Å². The van der Waals surface area contributed by atoms with Gasteiger partial charge in [0.15, 0.2) is 0 Å². The van der Waals surface area contributed by atoms with E-state index in [0.29, 0.717) is 6.10 Å². The SMILES string of the molecule is NC(CCC1CCCO1)Cc1ccc2ccccc2n1. The van der Waals surface area contributed by atoms with Gasteiger partial charge in [-0.05, 0) is 37.8 Å². The van der Waals surface area contributed by atoms with Crippen LogP contribution in [0.1, 0.15) is 31.4 Å². The van der Waals surface area contributed by atoms with Crippen molar-refractivity contribution in [2.45, 2.75) is 44.2 Å². The summed E-state index contributed by atoms with van der Waals surface area (Å²) in [6.45, 7) is 0.923. The molecule has 0 bridgehead atoms. The minimum absolute atomic E-state index is 0.174. The Morgan fingerprint density at radius 3 is 3.00 bits per heavy atom. The van der Waals surface area contributed by atoms with Crippen molar-refractivity contribution in [3.63, 3.8) is 0 Å². The summed E-state index contributed by atoms with van der Waals surface area (Å²) in [6, 6.07) is 12.6. The fourth-order valence-corrected chi connectivity index (χ4v) is 2.86. The average molecular weight is 270 g/mol. The molecule has 3 heteroatoms. The minimum atomic E-state index is 0.174. The van der Waals surface area contributed by atoms with Crippen molar-refractivity contribution in [1.82, 2.24) is 4.98 Å². The number of nitrogens with two attached hydrogens (primary N) is 1. The molecule has 0 saturated carbocycles. The van der Waals surface area contributed by atoms with E-state index >= 15 is 0 Å². The van der Waals surface area contributed by atoms with Gasteiger partial charge in [0.1, 0.15) is 0 Å². The predicted molar refractivity (Wildman–Crippen MR) is 81.6 cm³/mol. The fourth-order valence-electron chi connectivity index (χ4n) is 2.86. The topological polar surface area (TPSA) is 48.1 Å². The molecule has 106 valence electrons. The summed E-state index contributed by atoms with van der Waals surface area (Å²) < 4.78 is 5.64. The van der Waals surface area contributed by atoms with Crippen molar-refractivity contribution in [3.8, 4) is 0 Å². The Kier molecular flexibility index (Phi) is 4.28. The number of hydrogen-bond donors (Lipinski definition) is 1. The van der Waals surface area contributed by atoms with Crippen LogP contribution in [0.3, 0.4) is 0 Å². The number of nitrogens with zero attached hydrogens (tertiary/aromatic N) is 1. The molecule has 1 aromatic carbocycles. The Balaban J connectivity index is 1.57. The number of benzene rings is 1. The van der Waals surface area contributed by atoms with Crippen LogP contribution < -0.4 is 5.73 Å². The molecule has 1 fully saturated rings. The van der Waals surface area contributed by atoms with Crippen LogP contribution in [-0.2, 0) is 11.2 Å². The second-order valence-corrected chi connectivity index (χ2v) is 5.67. The average Bonchev–Trinajstić information content (AvgIpc) is 2.98. The third-order valence-corrected chi connectivity index (χ3v) is 4.01. The molecule has 0 amide bonds. The van der Waals surface area contributed by atoms with Crippen molar-refractivity contribution in [2.24, 2.45) is 5.73 Å². The first kappa shape index (κ1) is 13.5. The Hall–Kier alpha value is -1.45. The number of para-hydroxylation sites is 1. The number of ether oxygens (including phenoxy) is 1. The maximum absolute atomic E-state index is 6.23. The summed E-state index contributed by atoms with van der Waals surface area (Å²) in [5.74, 6) is 0. The van der Waals surface area contributed by atoms with Crippen molar-refractivity contribution in [1.29, 1.82) is 0 Å². The highest BCUT2D eigenvalue weighted by molar-refractivity contribution is 5.78. The monoisotopic (exact) mass is 270 g/mol. The van der Waals surface area contributed by atoms with Gasteiger partial charge in [-0.1, -0.05) is 24.3 Å². The number of pyridine rings is 1. The summed E-state index contributed by atoms with van der Waals surface area (Å²) in [7, 11) is 0. The molecule has 0 aliphatic carbocycles. The second-order valence-electron chi connectivity index (χ2n) is 5.67. The predicted octanol–water partition coefficient (Wildman–Crippen LogP) is 3.06. The molecule has 2 N–H and O–H groups in total. The highest BCUT2D eigenvalue weighted by Gasteiger charge is 2.16. The Morgan fingerprint density at radius 1 is 1.25 bits per heavy atom. The lowest BCUT2D eigenvalue weighted by Crippen LogP contribution is -2.25. The van der Waals surface area contributed by atoms with E-state index in [-0.39, 0.29) is 6.04 Å². The minimum Gasteiger partial charge on any atom is -0.378 e. The zero-order valence-electron chi connectivity index (χ0n) is 11.8. The summed E-state index contributed by atoms with van der Waals surface area (Å²) in [5, 5.41) is 1.18. The van der Waals surface area contributed by atoms with Gasteiger partial charge in [0.2, 0.25) is 0 Å². The van der Waals surface area contributed by atoms with Crippen LogP contribution in [0, 0.1) is 0 Å². The number of rotatable bonds is 5. The zero-order valence-corrected chi connectivity index (χ0v) is 11.8. The summed E-state index contributed by atoms with van der Waals surface area (Å²) in [4.78, 5) is 4.68. The molecule has 2 aromatic rings. The highest BCUT2D eigenvalue weighted by Crippen LogP contribution is 2.18. The molecule has 20 heavy (non-hydrogen) atoms. The maximum Gasteiger partial charge on any atom is 0.0705 e. The zero-order chi connectivity index (χ0) is 13.8. The normalized spacial score (nSPS) is 20.4. The van der Waals surface area contributed by atoms with Crippen LogP contribution in [0.25, 0.3) is 10.9 Å². The molecule has 1 aliphatic rings. The molecular formula is C17H22N2O. The van der Waals surface area contributed by atoms with E-state index in [1.807, 2.05) is 12.1 Å². The smallest absolute Gasteiger partial charge is 0.0705 e. The van der Waals surface area contributed by atoms with Crippen molar-refractivity contribution < 1.29 is 4.74 Å². The highest BCUT2D eigenvalue weighted by atomic mass is 16.5. The van der Waals surface area contributed by atoms with Gasteiger partial charge < -0.3 is 10.5 Å². The number of aromatic nitrogens is 1. The lowest BCUT2D eigenvalue weighted by molar-refractivity contribution is 0.101. The van der Waals surface area contributed by atoms with E-state index in [0.717, 1.165) is 37.1 Å². The van der Waals surface area contributed by atoms with Gasteiger partial charge in [-0.25, -0.2) is 0 Å². The molecule has 2 atom stereocenters. The third kappa shape index (κ3) is 3.35. The van der Waals surface area contributed by atoms with Crippen molar-refractivity contribution >= 4 is 10.9 Å². The van der Waals surface area contributed by atoms with Gasteiger partial charge in [-0.15, -0.1) is 0 Å². The van der Waals surface area contributed by atoms with Crippen LogP contribution in [0.15, 0.2) is 36.4 Å². The molecule has 1 aromatic heterocycles. The molecule has 2 unspecified atom stereocenters. The van der Waals surface area contributed by atoms with Crippen molar-refractivity contribution in [3.05, 3.63) is 42.1 Å². The molecule has 1 saturated heterocycles. The summed E-state index contributed by atoms with van der Waals surface area (Å²) in [5.41, 5.74) is 8.37. The molecule has 0 radical (unpaired) electrons. The van der Waals surface area contributed by atoms with Crippen LogP contribution >= 0.6 is 0 Å². The molecule has 2 heterocycles. The standard InChI is InChI=1S/C17H22N2O/c18-14(8-10-16-5-3-11-20-16)12-15-9-7-13-4-1-2-6-17(13)19-15/h1-2,4,6-7,9,14,16H,3,5,8,10-12,18H2. The molecule has 1 aliphatic heterocycles. The lowest BCUT2D eigenvalue weighted by atomic mass is 10.0. The van der Waals surface area contributed by atoms with Gasteiger partial charge in [0, 0.05) is 30.1 Å². The first-order valence-corrected chi connectivity index (χ1v) is 7.53. The van der Waals surface area contributed by atoms with Gasteiger partial charge in [-0.2, -0.15) is 0 Å². The first-order chi connectivity index (χ1) is 9.81. The van der Waals surface area contributed by atoms with Gasteiger partial charge >= 0.3 is 0 Å². The first-order valence-electron chi connectivity index (χ1n) is 7.53. The van der Waals surface area contributed by atoms with Gasteiger partial charge in [0.25, 0.3) is 0 Å². The van der Waals surface area contributed by atoms with Gasteiger partial charge in [-0.3, -0.25) is 4.98 Å². The van der Waals surface area contributed by atoms with Crippen molar-refractivity contribution in [2.75, 3.05) is 6.61 Å². The largest absolute Gasteiger partial charge is 0.378 e. The Labute approximate surface area is 120 Å². The van der Waals surface area contributed by atoms with E-state index in [9.17, 15) is 0 Å². The van der Waals surface area contributed by atoms with E-state index < -0.39 is 0 Å². The van der Waals surface area contributed by atoms with Gasteiger partial charge in [0.05, 0.1) is 11.6 Å². The molecule has 3 rings (SSSR count). The van der Waals surface area contributed by atoms with Crippen LogP contribution in [-0.4, -0.2) is 23.7 Å². The number of fused-ring (bicyclic) bond motifs is 1. The molecule has 0 spiro atoms. The van der Waals surface area contributed by atoms with Crippen LogP contribution in [0.4, 0.5) is 0 Å². The second kappa shape index (κ2) is 6.33. The fraction of sp³-hybridized carbons (Fsp3) is 0.471. The molecule has 3 nitrogen and oxygen atoms in total. The Bertz CT molecular complexity index is 564. The van der Waals surface area contributed by atoms with E-state index in [1.165, 1.54) is 18.2 Å². The van der Waals surface area contributed by atoms with Crippen LogP contribution in [0.2, 0.25) is 0 Å². The number of hydrogen-bond acceptors (Lipinski definition) is 3.